The minimum absolute atomic E-state index is 0.211. The largest absolute Gasteiger partial charge is 0.397 e. The third-order valence-electron chi connectivity index (χ3n) is 4.01. The monoisotopic (exact) mass is 390 g/mol. The molecule has 3 N–H and O–H groups in total. The Morgan fingerprint density at radius 1 is 1.20 bits per heavy atom. The van der Waals surface area contributed by atoms with Crippen LogP contribution in [0.25, 0.3) is 0 Å². The smallest absolute Gasteiger partial charge is 0.138 e. The molecule has 0 heterocycles. The van der Waals surface area contributed by atoms with Gasteiger partial charge in [-0.15, -0.1) is 0 Å². The van der Waals surface area contributed by atoms with E-state index in [0.29, 0.717) is 26.1 Å². The Kier molecular flexibility index (Phi) is 4.24. The van der Waals surface area contributed by atoms with Gasteiger partial charge < -0.3 is 11.1 Å². The van der Waals surface area contributed by atoms with Crippen LogP contribution in [0, 0.1) is 20.2 Å². The summed E-state index contributed by atoms with van der Waals surface area (Å²) in [6.07, 6.45) is 3.39. The SMILES string of the molecule is CC1(C)CC(Nc2cc(F)c(I)cc2N)CC(C)(C)C1. The lowest BCUT2D eigenvalue weighted by molar-refractivity contribution is 0.105. The molecule has 0 spiro atoms. The van der Waals surface area contributed by atoms with Crippen molar-refractivity contribution >= 4 is 34.0 Å². The molecule has 0 bridgehead atoms. The highest BCUT2D eigenvalue weighted by molar-refractivity contribution is 14.1. The summed E-state index contributed by atoms with van der Waals surface area (Å²) in [7, 11) is 0. The molecule has 0 aromatic heterocycles. The molecule has 0 aliphatic heterocycles. The first kappa shape index (κ1) is 15.9. The summed E-state index contributed by atoms with van der Waals surface area (Å²) in [5.74, 6) is -0.211. The molecule has 1 aliphatic rings. The van der Waals surface area contributed by atoms with Gasteiger partial charge >= 0.3 is 0 Å². The zero-order chi connectivity index (χ0) is 15.1. The van der Waals surface area contributed by atoms with Gasteiger partial charge in [0.15, 0.2) is 0 Å². The first-order valence-electron chi connectivity index (χ1n) is 7.09. The van der Waals surface area contributed by atoms with Gasteiger partial charge in [0, 0.05) is 12.1 Å². The third kappa shape index (κ3) is 3.77. The van der Waals surface area contributed by atoms with Gasteiger partial charge in [0.1, 0.15) is 5.82 Å². The van der Waals surface area contributed by atoms with E-state index < -0.39 is 0 Å². The molecule has 0 amide bonds. The molecule has 1 aliphatic carbocycles. The number of halogens is 2. The summed E-state index contributed by atoms with van der Waals surface area (Å²) >= 11 is 1.97. The zero-order valence-electron chi connectivity index (χ0n) is 12.7. The van der Waals surface area contributed by atoms with E-state index in [4.69, 9.17) is 5.73 Å². The molecule has 0 atom stereocenters. The maximum Gasteiger partial charge on any atom is 0.138 e. The molecule has 4 heteroatoms. The molecule has 1 saturated carbocycles. The highest BCUT2D eigenvalue weighted by Crippen LogP contribution is 2.46. The van der Waals surface area contributed by atoms with Crippen molar-refractivity contribution in [3.05, 3.63) is 21.5 Å². The Balaban J connectivity index is 2.19. The lowest BCUT2D eigenvalue weighted by Crippen LogP contribution is -2.40. The van der Waals surface area contributed by atoms with Gasteiger partial charge in [0.2, 0.25) is 0 Å². The number of hydrogen-bond donors (Lipinski definition) is 2. The van der Waals surface area contributed by atoms with Crippen LogP contribution >= 0.6 is 22.6 Å². The number of hydrogen-bond acceptors (Lipinski definition) is 2. The van der Waals surface area contributed by atoms with Gasteiger partial charge in [-0.3, -0.25) is 0 Å². The fourth-order valence-electron chi connectivity index (χ4n) is 3.86. The molecule has 1 aromatic rings. The molecule has 0 saturated heterocycles. The summed E-state index contributed by atoms with van der Waals surface area (Å²) in [4.78, 5) is 0. The fraction of sp³-hybridized carbons (Fsp3) is 0.625. The lowest BCUT2D eigenvalue weighted by atomic mass is 9.63. The summed E-state index contributed by atoms with van der Waals surface area (Å²) in [6, 6.07) is 3.55. The Labute approximate surface area is 134 Å². The van der Waals surface area contributed by atoms with E-state index >= 15 is 0 Å². The summed E-state index contributed by atoms with van der Waals surface area (Å²) < 4.78 is 14.3. The van der Waals surface area contributed by atoms with Crippen LogP contribution in [-0.2, 0) is 0 Å². The van der Waals surface area contributed by atoms with Crippen LogP contribution in [0.2, 0.25) is 0 Å². The predicted molar refractivity (Wildman–Crippen MR) is 92.4 cm³/mol. The Morgan fingerprint density at radius 3 is 2.30 bits per heavy atom. The topological polar surface area (TPSA) is 38.0 Å². The van der Waals surface area contributed by atoms with Gasteiger partial charge in [-0.05, 0) is 58.7 Å². The second-order valence-electron chi connectivity index (χ2n) is 7.61. The van der Waals surface area contributed by atoms with Crippen molar-refractivity contribution in [2.24, 2.45) is 10.8 Å². The van der Waals surface area contributed by atoms with E-state index in [9.17, 15) is 4.39 Å². The van der Waals surface area contributed by atoms with Gasteiger partial charge in [-0.25, -0.2) is 4.39 Å². The first-order valence-corrected chi connectivity index (χ1v) is 8.17. The van der Waals surface area contributed by atoms with Crippen LogP contribution in [0.5, 0.6) is 0 Å². The Morgan fingerprint density at radius 2 is 1.75 bits per heavy atom. The highest BCUT2D eigenvalue weighted by Gasteiger charge is 2.38. The normalized spacial score (nSPS) is 21.7. The molecular weight excluding hydrogens is 366 g/mol. The van der Waals surface area contributed by atoms with Crippen LogP contribution in [-0.4, -0.2) is 6.04 Å². The number of nitrogens with two attached hydrogens (primary N) is 1. The van der Waals surface area contributed by atoms with Crippen LogP contribution in [0.15, 0.2) is 12.1 Å². The molecule has 1 fully saturated rings. The minimum Gasteiger partial charge on any atom is -0.397 e. The second kappa shape index (κ2) is 5.35. The van der Waals surface area contributed by atoms with Crippen molar-refractivity contribution in [1.82, 2.24) is 0 Å². The molecule has 0 unspecified atom stereocenters. The number of nitrogen functional groups attached to an aromatic ring is 1. The van der Waals surface area contributed by atoms with Crippen molar-refractivity contribution in [3.63, 3.8) is 0 Å². The van der Waals surface area contributed by atoms with E-state index in [1.165, 1.54) is 12.5 Å². The van der Waals surface area contributed by atoms with Crippen molar-refractivity contribution < 1.29 is 4.39 Å². The molecule has 112 valence electrons. The van der Waals surface area contributed by atoms with E-state index in [1.54, 1.807) is 6.07 Å². The van der Waals surface area contributed by atoms with Crippen LogP contribution in [0.4, 0.5) is 15.8 Å². The van der Waals surface area contributed by atoms with Crippen molar-refractivity contribution in [2.75, 3.05) is 11.1 Å². The van der Waals surface area contributed by atoms with E-state index in [1.807, 2.05) is 22.6 Å². The predicted octanol–water partition coefficient (Wildman–Crippen LogP) is 5.03. The summed E-state index contributed by atoms with van der Waals surface area (Å²) in [5.41, 5.74) is 7.96. The number of benzene rings is 1. The first-order chi connectivity index (χ1) is 9.08. The average Bonchev–Trinajstić information content (AvgIpc) is 2.21. The molecule has 1 aromatic carbocycles. The standard InChI is InChI=1S/C16H24FIN2/c1-15(2)7-10(8-16(3,4)9-15)20-14-5-11(17)12(18)6-13(14)19/h5-6,10,20H,7-9,19H2,1-4H3. The van der Waals surface area contributed by atoms with Gasteiger partial charge in [0.05, 0.1) is 14.9 Å². The Hall–Kier alpha value is -0.520. The zero-order valence-corrected chi connectivity index (χ0v) is 14.8. The van der Waals surface area contributed by atoms with Crippen LogP contribution in [0.3, 0.4) is 0 Å². The van der Waals surface area contributed by atoms with Crippen molar-refractivity contribution in [1.29, 1.82) is 0 Å². The van der Waals surface area contributed by atoms with Gasteiger partial charge in [0.25, 0.3) is 0 Å². The fourth-order valence-corrected chi connectivity index (χ4v) is 4.35. The maximum atomic E-state index is 13.7. The van der Waals surface area contributed by atoms with Crippen LogP contribution < -0.4 is 11.1 Å². The maximum absolute atomic E-state index is 13.7. The third-order valence-corrected chi connectivity index (χ3v) is 4.83. The second-order valence-corrected chi connectivity index (χ2v) is 8.77. The number of nitrogens with one attached hydrogen (secondary N) is 1. The lowest BCUT2D eigenvalue weighted by Gasteiger charge is -2.45. The molecule has 2 rings (SSSR count). The highest BCUT2D eigenvalue weighted by atomic mass is 127. The van der Waals surface area contributed by atoms with Crippen molar-refractivity contribution in [3.8, 4) is 0 Å². The molecule has 2 nitrogen and oxygen atoms in total. The Bertz CT molecular complexity index is 495. The molecule has 0 radical (unpaired) electrons. The van der Waals surface area contributed by atoms with E-state index in [-0.39, 0.29) is 5.82 Å². The average molecular weight is 390 g/mol. The minimum atomic E-state index is -0.211. The molecule has 20 heavy (non-hydrogen) atoms. The van der Waals surface area contributed by atoms with E-state index in [0.717, 1.165) is 18.5 Å². The summed E-state index contributed by atoms with van der Waals surface area (Å²) in [5, 5.41) is 3.46. The van der Waals surface area contributed by atoms with Crippen molar-refractivity contribution in [2.45, 2.75) is 53.0 Å². The quantitative estimate of drug-likeness (QED) is 0.549. The van der Waals surface area contributed by atoms with Gasteiger partial charge in [-0.2, -0.15) is 0 Å². The number of rotatable bonds is 2. The van der Waals surface area contributed by atoms with Crippen LogP contribution in [0.1, 0.15) is 47.0 Å². The summed E-state index contributed by atoms with van der Waals surface area (Å²) in [6.45, 7) is 9.22. The number of anilines is 2. The van der Waals surface area contributed by atoms with Gasteiger partial charge in [-0.1, -0.05) is 27.7 Å². The van der Waals surface area contributed by atoms with E-state index in [2.05, 4.69) is 33.0 Å². The molecular formula is C16H24FIN2.